The van der Waals surface area contributed by atoms with Gasteiger partial charge in [0.1, 0.15) is 0 Å². The highest BCUT2D eigenvalue weighted by Gasteiger charge is 2.06. The summed E-state index contributed by atoms with van der Waals surface area (Å²) in [6.07, 6.45) is 6.37. The molecule has 1 aromatic heterocycles. The summed E-state index contributed by atoms with van der Waals surface area (Å²) in [5, 5.41) is 0.737. The van der Waals surface area contributed by atoms with Crippen molar-refractivity contribution in [2.45, 2.75) is 6.42 Å². The van der Waals surface area contributed by atoms with E-state index < -0.39 is 0 Å². The summed E-state index contributed by atoms with van der Waals surface area (Å²) in [6, 6.07) is 16.4. The molecule has 0 aliphatic rings. The molecular weight excluding hydrogens is 256 g/mol. The van der Waals surface area contributed by atoms with Gasteiger partial charge >= 0.3 is 0 Å². The molecule has 0 radical (unpaired) electrons. The van der Waals surface area contributed by atoms with Crippen molar-refractivity contribution in [3.8, 4) is 5.69 Å². The van der Waals surface area contributed by atoms with Crippen molar-refractivity contribution in [3.63, 3.8) is 0 Å². The average molecular weight is 269 g/mol. The Morgan fingerprint density at radius 2 is 1.89 bits per heavy atom. The molecule has 0 saturated carbocycles. The molecule has 3 rings (SSSR count). The van der Waals surface area contributed by atoms with Crippen LogP contribution < -0.4 is 0 Å². The molecule has 2 aromatic carbocycles. The maximum atomic E-state index is 6.10. The summed E-state index contributed by atoms with van der Waals surface area (Å²) in [5.41, 5.74) is 3.59. The molecule has 3 heteroatoms. The van der Waals surface area contributed by atoms with Gasteiger partial charge in [0.15, 0.2) is 0 Å². The topological polar surface area (TPSA) is 17.8 Å². The Labute approximate surface area is 117 Å². The first-order valence-corrected chi connectivity index (χ1v) is 6.51. The lowest BCUT2D eigenvalue weighted by Crippen LogP contribution is -1.98. The third-order valence-corrected chi connectivity index (χ3v) is 3.30. The molecule has 0 amide bonds. The van der Waals surface area contributed by atoms with Gasteiger partial charge in [-0.05, 0) is 29.7 Å². The zero-order valence-corrected chi connectivity index (χ0v) is 11.1. The number of benzene rings is 2. The van der Waals surface area contributed by atoms with E-state index in [0.717, 1.165) is 17.1 Å². The highest BCUT2D eigenvalue weighted by atomic mass is 35.5. The zero-order valence-electron chi connectivity index (χ0n) is 10.3. The van der Waals surface area contributed by atoms with Gasteiger partial charge in [-0.25, -0.2) is 4.98 Å². The number of imidazole rings is 1. The minimum atomic E-state index is 0.737. The van der Waals surface area contributed by atoms with Crippen LogP contribution in [0.1, 0.15) is 11.1 Å². The first-order valence-electron chi connectivity index (χ1n) is 6.13. The summed E-state index contributed by atoms with van der Waals surface area (Å²) in [6.45, 7) is 0. The number of nitrogens with zero attached hydrogens (tertiary/aromatic N) is 2. The van der Waals surface area contributed by atoms with E-state index in [0.29, 0.717) is 0 Å². The Hall–Kier alpha value is -2.06. The van der Waals surface area contributed by atoms with Crippen molar-refractivity contribution < 1.29 is 0 Å². The number of hydrogen-bond donors (Lipinski definition) is 0. The monoisotopic (exact) mass is 268 g/mol. The summed E-state index contributed by atoms with van der Waals surface area (Å²) in [7, 11) is 0. The van der Waals surface area contributed by atoms with Crippen molar-refractivity contribution in [1.29, 1.82) is 0 Å². The van der Waals surface area contributed by atoms with E-state index in [4.69, 9.17) is 11.6 Å². The van der Waals surface area contributed by atoms with E-state index in [2.05, 4.69) is 35.3 Å². The maximum Gasteiger partial charge on any atom is 0.0991 e. The van der Waals surface area contributed by atoms with Crippen LogP contribution in [0.25, 0.3) is 5.69 Å². The number of hydrogen-bond acceptors (Lipinski definition) is 1. The van der Waals surface area contributed by atoms with Gasteiger partial charge in [-0.15, -0.1) is 0 Å². The predicted octanol–water partition coefficient (Wildman–Crippen LogP) is 4.12. The fourth-order valence-electron chi connectivity index (χ4n) is 2.14. The molecule has 0 spiro atoms. The molecule has 2 nitrogen and oxygen atoms in total. The van der Waals surface area contributed by atoms with E-state index in [1.807, 2.05) is 29.0 Å². The fraction of sp³-hybridized carbons (Fsp3) is 0.0625. The summed E-state index contributed by atoms with van der Waals surface area (Å²) in [5.74, 6) is 0. The van der Waals surface area contributed by atoms with Crippen LogP contribution in [-0.4, -0.2) is 9.55 Å². The maximum absolute atomic E-state index is 6.10. The predicted molar refractivity (Wildman–Crippen MR) is 77.8 cm³/mol. The van der Waals surface area contributed by atoms with Gasteiger partial charge in [-0.2, -0.15) is 0 Å². The minimum Gasteiger partial charge on any atom is -0.306 e. The Bertz CT molecular complexity index is 660. The summed E-state index contributed by atoms with van der Waals surface area (Å²) < 4.78 is 1.99. The van der Waals surface area contributed by atoms with Crippen molar-refractivity contribution in [1.82, 2.24) is 9.55 Å². The van der Waals surface area contributed by atoms with Crippen LogP contribution in [-0.2, 0) is 6.42 Å². The van der Waals surface area contributed by atoms with Crippen LogP contribution in [0.2, 0.25) is 5.02 Å². The SMILES string of the molecule is Clc1ccc(Cc2ccccc2)c(-n2ccnc2)c1. The third-order valence-electron chi connectivity index (χ3n) is 3.07. The fourth-order valence-corrected chi connectivity index (χ4v) is 2.31. The lowest BCUT2D eigenvalue weighted by atomic mass is 10.0. The molecule has 1 heterocycles. The van der Waals surface area contributed by atoms with Crippen molar-refractivity contribution in [2.75, 3.05) is 0 Å². The quantitative estimate of drug-likeness (QED) is 0.699. The van der Waals surface area contributed by atoms with Gasteiger partial charge in [0.25, 0.3) is 0 Å². The lowest BCUT2D eigenvalue weighted by molar-refractivity contribution is 1.02. The van der Waals surface area contributed by atoms with Gasteiger partial charge in [-0.1, -0.05) is 48.0 Å². The van der Waals surface area contributed by atoms with Crippen LogP contribution in [0.5, 0.6) is 0 Å². The van der Waals surface area contributed by atoms with E-state index in [-0.39, 0.29) is 0 Å². The van der Waals surface area contributed by atoms with E-state index >= 15 is 0 Å². The van der Waals surface area contributed by atoms with Crippen LogP contribution in [0.15, 0.2) is 67.3 Å². The molecule has 0 aliphatic heterocycles. The first kappa shape index (κ1) is 12.0. The van der Waals surface area contributed by atoms with Gasteiger partial charge < -0.3 is 4.57 Å². The molecule has 3 aromatic rings. The Morgan fingerprint density at radius 3 is 2.63 bits per heavy atom. The van der Waals surface area contributed by atoms with E-state index in [1.165, 1.54) is 11.1 Å². The molecule has 0 unspecified atom stereocenters. The van der Waals surface area contributed by atoms with Crippen LogP contribution in [0.3, 0.4) is 0 Å². The average Bonchev–Trinajstić information content (AvgIpc) is 2.96. The van der Waals surface area contributed by atoms with Crippen LogP contribution in [0, 0.1) is 0 Å². The first-order chi connectivity index (χ1) is 9.33. The van der Waals surface area contributed by atoms with Crippen molar-refractivity contribution in [3.05, 3.63) is 83.4 Å². The molecule has 0 atom stereocenters. The molecule has 0 aliphatic carbocycles. The van der Waals surface area contributed by atoms with E-state index in [9.17, 15) is 0 Å². The second-order valence-corrected chi connectivity index (χ2v) is 4.84. The molecule has 0 fully saturated rings. The number of aromatic nitrogens is 2. The second kappa shape index (κ2) is 5.29. The summed E-state index contributed by atoms with van der Waals surface area (Å²) in [4.78, 5) is 4.10. The molecular formula is C16H13ClN2. The highest BCUT2D eigenvalue weighted by molar-refractivity contribution is 6.30. The Kier molecular flexibility index (Phi) is 3.34. The summed E-state index contributed by atoms with van der Waals surface area (Å²) >= 11 is 6.10. The number of rotatable bonds is 3. The van der Waals surface area contributed by atoms with Gasteiger partial charge in [0.2, 0.25) is 0 Å². The van der Waals surface area contributed by atoms with Gasteiger partial charge in [0.05, 0.1) is 12.0 Å². The number of halogens is 1. The highest BCUT2D eigenvalue weighted by Crippen LogP contribution is 2.22. The van der Waals surface area contributed by atoms with Crippen LogP contribution >= 0.6 is 11.6 Å². The standard InChI is InChI=1S/C16H13ClN2/c17-15-7-6-14(10-13-4-2-1-3-5-13)16(11-15)19-9-8-18-12-19/h1-9,11-12H,10H2. The van der Waals surface area contributed by atoms with Crippen molar-refractivity contribution in [2.24, 2.45) is 0 Å². The smallest absolute Gasteiger partial charge is 0.0991 e. The lowest BCUT2D eigenvalue weighted by Gasteiger charge is -2.11. The second-order valence-electron chi connectivity index (χ2n) is 4.41. The minimum absolute atomic E-state index is 0.737. The van der Waals surface area contributed by atoms with Crippen LogP contribution in [0.4, 0.5) is 0 Å². The Balaban J connectivity index is 2.02. The molecule has 94 valence electrons. The molecule has 0 bridgehead atoms. The van der Waals surface area contributed by atoms with Gasteiger partial charge in [-0.3, -0.25) is 0 Å². The van der Waals surface area contributed by atoms with E-state index in [1.54, 1.807) is 12.5 Å². The Morgan fingerprint density at radius 1 is 1.05 bits per heavy atom. The largest absolute Gasteiger partial charge is 0.306 e. The normalized spacial score (nSPS) is 10.6. The molecule has 0 N–H and O–H groups in total. The van der Waals surface area contributed by atoms with Gasteiger partial charge in [0, 0.05) is 17.4 Å². The van der Waals surface area contributed by atoms with Crippen molar-refractivity contribution >= 4 is 11.6 Å². The molecule has 19 heavy (non-hydrogen) atoms. The zero-order chi connectivity index (χ0) is 13.1. The third kappa shape index (κ3) is 2.69. The molecule has 0 saturated heterocycles.